The summed E-state index contributed by atoms with van der Waals surface area (Å²) in [5.74, 6) is 1.15. The van der Waals surface area contributed by atoms with Crippen molar-refractivity contribution in [3.8, 4) is 0 Å². The zero-order valence-corrected chi connectivity index (χ0v) is 11.3. The standard InChI is InChI=1S/C14H18ClN3/c1-2-5-14-17-9-11-18(14)10-8-16-13-7-4-3-6-12(13)15/h3-4,6-7,9,11,16H,2,5,8,10H2,1H3. The Hall–Kier alpha value is -1.48. The highest BCUT2D eigenvalue weighted by Crippen LogP contribution is 2.19. The Morgan fingerprint density at radius 2 is 2.17 bits per heavy atom. The number of rotatable bonds is 6. The van der Waals surface area contributed by atoms with Crippen LogP contribution in [0.2, 0.25) is 5.02 Å². The molecule has 1 N–H and O–H groups in total. The van der Waals surface area contributed by atoms with Crippen LogP contribution < -0.4 is 5.32 Å². The maximum absolute atomic E-state index is 6.08. The van der Waals surface area contributed by atoms with Crippen molar-refractivity contribution < 1.29 is 0 Å². The summed E-state index contributed by atoms with van der Waals surface area (Å²) in [6.45, 7) is 3.92. The van der Waals surface area contributed by atoms with Gasteiger partial charge in [-0.1, -0.05) is 30.7 Å². The van der Waals surface area contributed by atoms with Crippen LogP contribution >= 0.6 is 11.6 Å². The Morgan fingerprint density at radius 3 is 2.94 bits per heavy atom. The second-order valence-electron chi connectivity index (χ2n) is 4.19. The predicted octanol–water partition coefficient (Wildman–Crippen LogP) is 3.60. The molecule has 0 radical (unpaired) electrons. The minimum atomic E-state index is 0.761. The van der Waals surface area contributed by atoms with Gasteiger partial charge in [0.05, 0.1) is 10.7 Å². The van der Waals surface area contributed by atoms with E-state index in [4.69, 9.17) is 11.6 Å². The van der Waals surface area contributed by atoms with Gasteiger partial charge in [-0.25, -0.2) is 4.98 Å². The number of aryl methyl sites for hydroxylation is 1. The Bertz CT molecular complexity index is 493. The number of nitrogens with zero attached hydrogens (tertiary/aromatic N) is 2. The molecule has 0 saturated heterocycles. The van der Waals surface area contributed by atoms with Crippen molar-refractivity contribution in [1.29, 1.82) is 0 Å². The average molecular weight is 264 g/mol. The molecule has 0 aliphatic rings. The third-order valence-corrected chi connectivity index (χ3v) is 3.15. The van der Waals surface area contributed by atoms with Gasteiger partial charge in [0.15, 0.2) is 0 Å². The van der Waals surface area contributed by atoms with Crippen molar-refractivity contribution in [3.05, 3.63) is 47.5 Å². The number of nitrogens with one attached hydrogen (secondary N) is 1. The molecule has 18 heavy (non-hydrogen) atoms. The molecule has 0 saturated carbocycles. The molecule has 0 bridgehead atoms. The number of aromatic nitrogens is 2. The second kappa shape index (κ2) is 6.45. The molecule has 0 atom stereocenters. The van der Waals surface area contributed by atoms with Gasteiger partial charge >= 0.3 is 0 Å². The van der Waals surface area contributed by atoms with Crippen LogP contribution in [0, 0.1) is 0 Å². The smallest absolute Gasteiger partial charge is 0.108 e. The minimum absolute atomic E-state index is 0.761. The molecule has 2 rings (SSSR count). The van der Waals surface area contributed by atoms with E-state index in [0.29, 0.717) is 0 Å². The fourth-order valence-electron chi connectivity index (χ4n) is 1.91. The van der Waals surface area contributed by atoms with E-state index >= 15 is 0 Å². The first-order valence-corrected chi connectivity index (χ1v) is 6.67. The van der Waals surface area contributed by atoms with Crippen LogP contribution in [0.4, 0.5) is 5.69 Å². The maximum atomic E-state index is 6.08. The molecule has 96 valence electrons. The Labute approximate surface area is 113 Å². The molecular weight excluding hydrogens is 246 g/mol. The molecule has 0 aliphatic heterocycles. The highest BCUT2D eigenvalue weighted by Gasteiger charge is 2.02. The first kappa shape index (κ1) is 13.0. The minimum Gasteiger partial charge on any atom is -0.382 e. The molecule has 0 spiro atoms. The van der Waals surface area contributed by atoms with Crippen LogP contribution in [-0.2, 0) is 13.0 Å². The van der Waals surface area contributed by atoms with Gasteiger partial charge in [0, 0.05) is 31.9 Å². The molecule has 4 heteroatoms. The quantitative estimate of drug-likeness (QED) is 0.863. The van der Waals surface area contributed by atoms with E-state index in [0.717, 1.165) is 42.5 Å². The van der Waals surface area contributed by atoms with Gasteiger partial charge in [0.1, 0.15) is 5.82 Å². The number of hydrogen-bond donors (Lipinski definition) is 1. The van der Waals surface area contributed by atoms with E-state index in [-0.39, 0.29) is 0 Å². The zero-order valence-electron chi connectivity index (χ0n) is 10.6. The third kappa shape index (κ3) is 3.26. The Morgan fingerprint density at radius 1 is 1.33 bits per heavy atom. The third-order valence-electron chi connectivity index (χ3n) is 2.82. The van der Waals surface area contributed by atoms with Crippen molar-refractivity contribution in [2.75, 3.05) is 11.9 Å². The van der Waals surface area contributed by atoms with Crippen molar-refractivity contribution >= 4 is 17.3 Å². The van der Waals surface area contributed by atoms with Crippen LogP contribution in [0.5, 0.6) is 0 Å². The van der Waals surface area contributed by atoms with Crippen molar-refractivity contribution in [2.45, 2.75) is 26.3 Å². The van der Waals surface area contributed by atoms with Crippen molar-refractivity contribution in [1.82, 2.24) is 9.55 Å². The first-order valence-electron chi connectivity index (χ1n) is 6.29. The lowest BCUT2D eigenvalue weighted by atomic mass is 10.3. The lowest BCUT2D eigenvalue weighted by Crippen LogP contribution is -2.12. The molecule has 1 aromatic carbocycles. The number of benzene rings is 1. The number of hydrogen-bond acceptors (Lipinski definition) is 2. The van der Waals surface area contributed by atoms with E-state index in [2.05, 4.69) is 21.8 Å². The molecule has 0 aliphatic carbocycles. The number of para-hydroxylation sites is 1. The van der Waals surface area contributed by atoms with Gasteiger partial charge in [0.2, 0.25) is 0 Å². The Kier molecular flexibility index (Phi) is 4.65. The van der Waals surface area contributed by atoms with E-state index in [1.807, 2.05) is 36.7 Å². The fourth-order valence-corrected chi connectivity index (χ4v) is 2.11. The molecule has 0 fully saturated rings. The molecule has 2 aromatic rings. The van der Waals surface area contributed by atoms with Crippen LogP contribution in [0.3, 0.4) is 0 Å². The zero-order chi connectivity index (χ0) is 12.8. The highest BCUT2D eigenvalue weighted by molar-refractivity contribution is 6.33. The fraction of sp³-hybridized carbons (Fsp3) is 0.357. The van der Waals surface area contributed by atoms with Gasteiger partial charge in [-0.05, 0) is 18.6 Å². The van der Waals surface area contributed by atoms with Gasteiger partial charge in [-0.15, -0.1) is 0 Å². The topological polar surface area (TPSA) is 29.9 Å². The number of halogens is 1. The lowest BCUT2D eigenvalue weighted by molar-refractivity contribution is 0.664. The lowest BCUT2D eigenvalue weighted by Gasteiger charge is -2.10. The summed E-state index contributed by atoms with van der Waals surface area (Å²) in [4.78, 5) is 4.36. The predicted molar refractivity (Wildman–Crippen MR) is 76.2 cm³/mol. The molecule has 1 heterocycles. The molecule has 0 amide bonds. The second-order valence-corrected chi connectivity index (χ2v) is 4.60. The maximum Gasteiger partial charge on any atom is 0.108 e. The summed E-state index contributed by atoms with van der Waals surface area (Å²) in [7, 11) is 0. The summed E-state index contributed by atoms with van der Waals surface area (Å²) in [6, 6.07) is 7.80. The average Bonchev–Trinajstić information content (AvgIpc) is 2.80. The SMILES string of the molecule is CCCc1nccn1CCNc1ccccc1Cl. The summed E-state index contributed by atoms with van der Waals surface area (Å²) in [6.07, 6.45) is 6.04. The Balaban J connectivity index is 1.88. The van der Waals surface area contributed by atoms with Crippen LogP contribution in [-0.4, -0.2) is 16.1 Å². The molecule has 3 nitrogen and oxygen atoms in total. The van der Waals surface area contributed by atoms with Crippen molar-refractivity contribution in [2.24, 2.45) is 0 Å². The van der Waals surface area contributed by atoms with Crippen LogP contribution in [0.15, 0.2) is 36.7 Å². The molecular formula is C14H18ClN3. The highest BCUT2D eigenvalue weighted by atomic mass is 35.5. The normalized spacial score (nSPS) is 10.6. The van der Waals surface area contributed by atoms with Crippen LogP contribution in [0.25, 0.3) is 0 Å². The van der Waals surface area contributed by atoms with Gasteiger partial charge < -0.3 is 9.88 Å². The van der Waals surface area contributed by atoms with Gasteiger partial charge in [-0.2, -0.15) is 0 Å². The largest absolute Gasteiger partial charge is 0.382 e. The van der Waals surface area contributed by atoms with E-state index in [1.165, 1.54) is 0 Å². The monoisotopic (exact) mass is 263 g/mol. The number of imidazole rings is 1. The van der Waals surface area contributed by atoms with Gasteiger partial charge in [0.25, 0.3) is 0 Å². The van der Waals surface area contributed by atoms with E-state index in [9.17, 15) is 0 Å². The molecule has 0 unspecified atom stereocenters. The summed E-state index contributed by atoms with van der Waals surface area (Å²) in [5.41, 5.74) is 0.983. The summed E-state index contributed by atoms with van der Waals surface area (Å²) >= 11 is 6.08. The summed E-state index contributed by atoms with van der Waals surface area (Å²) in [5, 5.41) is 4.10. The number of anilines is 1. The van der Waals surface area contributed by atoms with Crippen molar-refractivity contribution in [3.63, 3.8) is 0 Å². The molecule has 1 aromatic heterocycles. The van der Waals surface area contributed by atoms with E-state index in [1.54, 1.807) is 0 Å². The van der Waals surface area contributed by atoms with Gasteiger partial charge in [-0.3, -0.25) is 0 Å². The summed E-state index contributed by atoms with van der Waals surface area (Å²) < 4.78 is 2.19. The van der Waals surface area contributed by atoms with Crippen LogP contribution in [0.1, 0.15) is 19.2 Å². The first-order chi connectivity index (χ1) is 8.81. The van der Waals surface area contributed by atoms with E-state index < -0.39 is 0 Å².